The first kappa shape index (κ1) is 11.3. The van der Waals surface area contributed by atoms with E-state index in [0.29, 0.717) is 6.61 Å². The lowest BCUT2D eigenvalue weighted by atomic mass is 10.1. The summed E-state index contributed by atoms with van der Waals surface area (Å²) in [7, 11) is 1.91. The first-order valence-corrected chi connectivity index (χ1v) is 5.21. The fourth-order valence-electron chi connectivity index (χ4n) is 1.18. The number of hydrogen-bond acceptors (Lipinski definition) is 2. The van der Waals surface area contributed by atoms with E-state index in [1.54, 1.807) is 0 Å². The highest BCUT2D eigenvalue weighted by Gasteiger charge is 2.00. The van der Waals surface area contributed by atoms with Crippen molar-refractivity contribution in [3.8, 4) is 5.75 Å². The predicted molar refractivity (Wildman–Crippen MR) is 60.3 cm³/mol. The molecule has 0 atom stereocenters. The van der Waals surface area contributed by atoms with Gasteiger partial charge in [-0.05, 0) is 37.2 Å². The normalized spacial score (nSPS) is 10.2. The second-order valence-corrected chi connectivity index (χ2v) is 3.47. The van der Waals surface area contributed by atoms with Crippen molar-refractivity contribution in [2.24, 2.45) is 0 Å². The summed E-state index contributed by atoms with van der Waals surface area (Å²) in [6, 6.07) is 5.78. The van der Waals surface area contributed by atoms with E-state index in [1.165, 1.54) is 0 Å². The maximum Gasteiger partial charge on any atom is 0.119 e. The van der Waals surface area contributed by atoms with Crippen molar-refractivity contribution >= 4 is 11.6 Å². The van der Waals surface area contributed by atoms with Gasteiger partial charge < -0.3 is 10.1 Å². The molecule has 0 aliphatic rings. The van der Waals surface area contributed by atoms with Crippen LogP contribution in [-0.4, -0.2) is 20.2 Å². The van der Waals surface area contributed by atoms with Gasteiger partial charge in [0.2, 0.25) is 0 Å². The molecule has 0 bridgehead atoms. The minimum Gasteiger partial charge on any atom is -0.492 e. The fourth-order valence-corrected chi connectivity index (χ4v) is 1.43. The molecule has 0 aliphatic heterocycles. The van der Waals surface area contributed by atoms with Crippen LogP contribution in [0.25, 0.3) is 0 Å². The molecular formula is C11H16ClNO. The van der Waals surface area contributed by atoms with Crippen molar-refractivity contribution in [1.29, 1.82) is 0 Å². The molecule has 3 heteroatoms. The standard InChI is InChI=1S/C11H16ClNO/c1-3-9-8-10(4-5-11(9)12)14-7-6-13-2/h4-5,8,13H,3,6-7H2,1-2H3. The Morgan fingerprint density at radius 2 is 2.21 bits per heavy atom. The highest BCUT2D eigenvalue weighted by molar-refractivity contribution is 6.31. The van der Waals surface area contributed by atoms with E-state index < -0.39 is 0 Å². The molecule has 2 nitrogen and oxygen atoms in total. The number of rotatable bonds is 5. The van der Waals surface area contributed by atoms with E-state index in [2.05, 4.69) is 12.2 Å². The van der Waals surface area contributed by atoms with Gasteiger partial charge in [-0.15, -0.1) is 0 Å². The van der Waals surface area contributed by atoms with E-state index in [0.717, 1.165) is 29.3 Å². The summed E-state index contributed by atoms with van der Waals surface area (Å²) >= 11 is 5.99. The van der Waals surface area contributed by atoms with Crippen LogP contribution in [0.1, 0.15) is 12.5 Å². The number of likely N-dealkylation sites (N-methyl/N-ethyl adjacent to an activating group) is 1. The summed E-state index contributed by atoms with van der Waals surface area (Å²) in [4.78, 5) is 0. The Balaban J connectivity index is 2.60. The largest absolute Gasteiger partial charge is 0.492 e. The van der Waals surface area contributed by atoms with Crippen molar-refractivity contribution < 1.29 is 4.74 Å². The number of benzene rings is 1. The molecule has 0 amide bonds. The maximum absolute atomic E-state index is 5.99. The fraction of sp³-hybridized carbons (Fsp3) is 0.455. The van der Waals surface area contributed by atoms with Crippen LogP contribution in [-0.2, 0) is 6.42 Å². The monoisotopic (exact) mass is 213 g/mol. The van der Waals surface area contributed by atoms with Crippen LogP contribution in [0, 0.1) is 0 Å². The van der Waals surface area contributed by atoms with Gasteiger partial charge in [0.15, 0.2) is 0 Å². The van der Waals surface area contributed by atoms with Crippen molar-refractivity contribution in [2.45, 2.75) is 13.3 Å². The smallest absolute Gasteiger partial charge is 0.119 e. The van der Waals surface area contributed by atoms with Crippen LogP contribution in [0.2, 0.25) is 5.02 Å². The van der Waals surface area contributed by atoms with E-state index in [9.17, 15) is 0 Å². The molecule has 0 spiro atoms. The molecule has 0 heterocycles. The zero-order valence-corrected chi connectivity index (χ0v) is 9.40. The Kier molecular flexibility index (Phi) is 4.77. The molecule has 0 radical (unpaired) electrons. The van der Waals surface area contributed by atoms with Gasteiger partial charge in [0.25, 0.3) is 0 Å². The summed E-state index contributed by atoms with van der Waals surface area (Å²) < 4.78 is 5.52. The lowest BCUT2D eigenvalue weighted by molar-refractivity contribution is 0.318. The van der Waals surface area contributed by atoms with Gasteiger partial charge in [-0.3, -0.25) is 0 Å². The zero-order chi connectivity index (χ0) is 10.4. The number of aryl methyl sites for hydroxylation is 1. The average molecular weight is 214 g/mol. The summed E-state index contributed by atoms with van der Waals surface area (Å²) in [6.45, 7) is 3.62. The first-order chi connectivity index (χ1) is 6.77. The van der Waals surface area contributed by atoms with Gasteiger partial charge in [0.1, 0.15) is 12.4 Å². The third-order valence-corrected chi connectivity index (χ3v) is 2.39. The van der Waals surface area contributed by atoms with Crippen molar-refractivity contribution in [1.82, 2.24) is 5.32 Å². The topological polar surface area (TPSA) is 21.3 Å². The van der Waals surface area contributed by atoms with Crippen LogP contribution in [0.4, 0.5) is 0 Å². The van der Waals surface area contributed by atoms with Gasteiger partial charge in [-0.25, -0.2) is 0 Å². The Morgan fingerprint density at radius 1 is 1.43 bits per heavy atom. The molecule has 0 unspecified atom stereocenters. The highest BCUT2D eigenvalue weighted by Crippen LogP contribution is 2.22. The molecule has 1 aromatic rings. The number of halogens is 1. The Bertz CT molecular complexity index is 289. The molecule has 0 saturated heterocycles. The van der Waals surface area contributed by atoms with E-state index in [-0.39, 0.29) is 0 Å². The molecule has 0 aromatic heterocycles. The quantitative estimate of drug-likeness (QED) is 0.759. The van der Waals surface area contributed by atoms with Crippen LogP contribution in [0.15, 0.2) is 18.2 Å². The number of ether oxygens (including phenoxy) is 1. The number of nitrogens with one attached hydrogen (secondary N) is 1. The van der Waals surface area contributed by atoms with E-state index >= 15 is 0 Å². The van der Waals surface area contributed by atoms with Crippen LogP contribution >= 0.6 is 11.6 Å². The Morgan fingerprint density at radius 3 is 2.86 bits per heavy atom. The second-order valence-electron chi connectivity index (χ2n) is 3.06. The molecule has 78 valence electrons. The van der Waals surface area contributed by atoms with Crippen LogP contribution in [0.5, 0.6) is 5.75 Å². The Hall–Kier alpha value is -0.730. The minimum absolute atomic E-state index is 0.682. The van der Waals surface area contributed by atoms with Crippen molar-refractivity contribution in [3.63, 3.8) is 0 Å². The summed E-state index contributed by atoms with van der Waals surface area (Å²) in [6.07, 6.45) is 0.933. The van der Waals surface area contributed by atoms with Gasteiger partial charge in [0, 0.05) is 11.6 Å². The molecule has 14 heavy (non-hydrogen) atoms. The molecular weight excluding hydrogens is 198 g/mol. The lowest BCUT2D eigenvalue weighted by Gasteiger charge is -2.08. The zero-order valence-electron chi connectivity index (χ0n) is 8.64. The molecule has 1 rings (SSSR count). The van der Waals surface area contributed by atoms with Gasteiger partial charge in [0.05, 0.1) is 0 Å². The summed E-state index contributed by atoms with van der Waals surface area (Å²) in [5, 5.41) is 3.84. The first-order valence-electron chi connectivity index (χ1n) is 4.83. The van der Waals surface area contributed by atoms with Crippen molar-refractivity contribution in [3.05, 3.63) is 28.8 Å². The Labute approximate surface area is 90.2 Å². The maximum atomic E-state index is 5.99. The third kappa shape index (κ3) is 3.20. The van der Waals surface area contributed by atoms with Crippen LogP contribution < -0.4 is 10.1 Å². The van der Waals surface area contributed by atoms with E-state index in [1.807, 2.05) is 25.2 Å². The third-order valence-electron chi connectivity index (χ3n) is 2.02. The molecule has 1 N–H and O–H groups in total. The van der Waals surface area contributed by atoms with Crippen LogP contribution in [0.3, 0.4) is 0 Å². The van der Waals surface area contributed by atoms with Crippen molar-refractivity contribution in [2.75, 3.05) is 20.2 Å². The van der Waals surface area contributed by atoms with Gasteiger partial charge in [-0.2, -0.15) is 0 Å². The molecule has 0 saturated carbocycles. The SMILES string of the molecule is CCc1cc(OCCNC)ccc1Cl. The summed E-state index contributed by atoms with van der Waals surface area (Å²) in [5.74, 6) is 0.890. The number of hydrogen-bond donors (Lipinski definition) is 1. The van der Waals surface area contributed by atoms with Gasteiger partial charge in [-0.1, -0.05) is 18.5 Å². The molecule has 0 aliphatic carbocycles. The minimum atomic E-state index is 0.682. The van der Waals surface area contributed by atoms with E-state index in [4.69, 9.17) is 16.3 Å². The predicted octanol–water partition coefficient (Wildman–Crippen LogP) is 2.50. The molecule has 1 aromatic carbocycles. The van der Waals surface area contributed by atoms with Gasteiger partial charge >= 0.3 is 0 Å². The molecule has 0 fully saturated rings. The average Bonchev–Trinajstić information content (AvgIpc) is 2.21. The highest BCUT2D eigenvalue weighted by atomic mass is 35.5. The second kappa shape index (κ2) is 5.89. The summed E-state index contributed by atoms with van der Waals surface area (Å²) in [5.41, 5.74) is 1.13. The lowest BCUT2D eigenvalue weighted by Crippen LogP contribution is -2.15.